The fraction of sp³-hybridized carbons (Fsp3) is 0.0556. The minimum atomic E-state index is -0.725. The lowest BCUT2D eigenvalue weighted by atomic mass is 10.2. The Morgan fingerprint density at radius 3 is 2.62 bits per heavy atom. The van der Waals surface area contributed by atoms with Crippen LogP contribution in [0.5, 0.6) is 0 Å². The van der Waals surface area contributed by atoms with Crippen molar-refractivity contribution in [2.24, 2.45) is 0 Å². The zero-order chi connectivity index (χ0) is 18.5. The number of anilines is 1. The van der Waals surface area contributed by atoms with Crippen molar-refractivity contribution in [2.45, 2.75) is 0 Å². The summed E-state index contributed by atoms with van der Waals surface area (Å²) in [7, 11) is 0. The third kappa shape index (κ3) is 4.40. The highest BCUT2D eigenvalue weighted by molar-refractivity contribution is 7.14. The van der Waals surface area contributed by atoms with E-state index >= 15 is 0 Å². The number of nitrogens with one attached hydrogen (secondary N) is 1. The molecule has 0 aliphatic carbocycles. The molecule has 1 heterocycles. The topological polar surface area (TPSA) is 68.3 Å². The van der Waals surface area contributed by atoms with Crippen molar-refractivity contribution in [1.29, 1.82) is 0 Å². The maximum absolute atomic E-state index is 12.0. The Morgan fingerprint density at radius 2 is 1.85 bits per heavy atom. The second kappa shape index (κ2) is 8.31. The van der Waals surface area contributed by atoms with Gasteiger partial charge in [0, 0.05) is 10.9 Å². The molecule has 0 aliphatic heterocycles. The van der Waals surface area contributed by atoms with Crippen LogP contribution in [0.15, 0.2) is 53.9 Å². The predicted molar refractivity (Wildman–Crippen MR) is 103 cm³/mol. The van der Waals surface area contributed by atoms with E-state index in [1.807, 2.05) is 35.7 Å². The summed E-state index contributed by atoms with van der Waals surface area (Å²) >= 11 is 13.1. The maximum Gasteiger partial charge on any atom is 0.340 e. The molecule has 0 fully saturated rings. The lowest BCUT2D eigenvalue weighted by molar-refractivity contribution is -0.119. The van der Waals surface area contributed by atoms with Crippen molar-refractivity contribution in [3.63, 3.8) is 0 Å². The van der Waals surface area contributed by atoms with Crippen molar-refractivity contribution >= 4 is 51.5 Å². The van der Waals surface area contributed by atoms with Gasteiger partial charge < -0.3 is 4.74 Å². The van der Waals surface area contributed by atoms with Crippen LogP contribution in [0.3, 0.4) is 0 Å². The SMILES string of the molecule is O=C(COC(=O)c1cccc(Cl)c1Cl)Nc1nc(-c2ccccc2)cs1. The number of carbonyl (C=O) groups is 2. The van der Waals surface area contributed by atoms with Gasteiger partial charge in [-0.1, -0.05) is 59.6 Å². The van der Waals surface area contributed by atoms with Crippen molar-refractivity contribution in [3.05, 3.63) is 69.5 Å². The van der Waals surface area contributed by atoms with E-state index < -0.39 is 18.5 Å². The number of ether oxygens (including phenoxy) is 1. The molecular formula is C18H12Cl2N2O3S. The standard InChI is InChI=1S/C18H12Cl2N2O3S/c19-13-8-4-7-12(16(13)20)17(24)25-9-15(23)22-18-21-14(10-26-18)11-5-2-1-3-6-11/h1-8,10H,9H2,(H,21,22,23). The van der Waals surface area contributed by atoms with Gasteiger partial charge in [0.05, 0.1) is 21.3 Å². The average molecular weight is 407 g/mol. The number of rotatable bonds is 5. The van der Waals surface area contributed by atoms with Gasteiger partial charge >= 0.3 is 5.97 Å². The first-order valence-electron chi connectivity index (χ1n) is 7.46. The summed E-state index contributed by atoms with van der Waals surface area (Å²) in [6.07, 6.45) is 0. The van der Waals surface area contributed by atoms with E-state index in [9.17, 15) is 9.59 Å². The van der Waals surface area contributed by atoms with Crippen LogP contribution in [0.1, 0.15) is 10.4 Å². The summed E-state index contributed by atoms with van der Waals surface area (Å²) in [4.78, 5) is 28.3. The number of aromatic nitrogens is 1. The number of halogens is 2. The van der Waals surface area contributed by atoms with Crippen molar-refractivity contribution in [1.82, 2.24) is 4.98 Å². The Morgan fingerprint density at radius 1 is 1.08 bits per heavy atom. The molecule has 3 aromatic rings. The summed E-state index contributed by atoms with van der Waals surface area (Å²) in [5.41, 5.74) is 1.81. The highest BCUT2D eigenvalue weighted by atomic mass is 35.5. The van der Waals surface area contributed by atoms with E-state index in [1.165, 1.54) is 17.4 Å². The van der Waals surface area contributed by atoms with Gasteiger partial charge in [0.1, 0.15) is 0 Å². The van der Waals surface area contributed by atoms with Crippen LogP contribution in [0.4, 0.5) is 5.13 Å². The number of nitrogens with zero attached hydrogens (tertiary/aromatic N) is 1. The zero-order valence-corrected chi connectivity index (χ0v) is 15.6. The minimum absolute atomic E-state index is 0.0898. The van der Waals surface area contributed by atoms with Gasteiger partial charge in [0.2, 0.25) is 0 Å². The molecule has 1 N–H and O–H groups in total. The van der Waals surface area contributed by atoms with Crippen LogP contribution in [0, 0.1) is 0 Å². The summed E-state index contributed by atoms with van der Waals surface area (Å²) < 4.78 is 4.97. The first-order valence-corrected chi connectivity index (χ1v) is 9.10. The Bertz CT molecular complexity index is 945. The first kappa shape index (κ1) is 18.4. The molecule has 2 aromatic carbocycles. The lowest BCUT2D eigenvalue weighted by Gasteiger charge is -2.06. The molecule has 0 aliphatic rings. The number of benzene rings is 2. The molecule has 0 radical (unpaired) electrons. The summed E-state index contributed by atoms with van der Waals surface area (Å²) in [5.74, 6) is -1.22. The Hall–Kier alpha value is -2.41. The number of hydrogen-bond donors (Lipinski definition) is 1. The van der Waals surface area contributed by atoms with Gasteiger partial charge in [-0.2, -0.15) is 0 Å². The van der Waals surface area contributed by atoms with Gasteiger partial charge in [-0.05, 0) is 12.1 Å². The van der Waals surface area contributed by atoms with E-state index in [2.05, 4.69) is 10.3 Å². The van der Waals surface area contributed by atoms with Gasteiger partial charge in [-0.25, -0.2) is 9.78 Å². The van der Waals surface area contributed by atoms with E-state index in [4.69, 9.17) is 27.9 Å². The average Bonchev–Trinajstić information content (AvgIpc) is 3.11. The second-order valence-corrected chi connectivity index (χ2v) is 6.77. The molecule has 132 valence electrons. The Kier molecular flexibility index (Phi) is 5.88. The van der Waals surface area contributed by atoms with Gasteiger partial charge in [0.25, 0.3) is 5.91 Å². The third-order valence-electron chi connectivity index (χ3n) is 3.33. The second-order valence-electron chi connectivity index (χ2n) is 5.13. The van der Waals surface area contributed by atoms with Crippen LogP contribution in [0.25, 0.3) is 11.3 Å². The molecule has 3 rings (SSSR count). The summed E-state index contributed by atoms with van der Waals surface area (Å²) in [5, 5.41) is 5.18. The molecule has 0 atom stereocenters. The minimum Gasteiger partial charge on any atom is -0.452 e. The Balaban J connectivity index is 1.57. The molecule has 1 aromatic heterocycles. The molecule has 0 saturated carbocycles. The van der Waals surface area contributed by atoms with E-state index in [-0.39, 0.29) is 15.6 Å². The van der Waals surface area contributed by atoms with Gasteiger partial charge in [-0.15, -0.1) is 11.3 Å². The molecule has 0 unspecified atom stereocenters. The number of carbonyl (C=O) groups excluding carboxylic acids is 2. The van der Waals surface area contributed by atoms with Gasteiger partial charge in [-0.3, -0.25) is 10.1 Å². The first-order chi connectivity index (χ1) is 12.5. The fourth-order valence-electron chi connectivity index (χ4n) is 2.10. The molecular weight excluding hydrogens is 395 g/mol. The van der Waals surface area contributed by atoms with E-state index in [0.29, 0.717) is 5.13 Å². The Labute approximate surface area is 163 Å². The normalized spacial score (nSPS) is 10.4. The summed E-state index contributed by atoms with van der Waals surface area (Å²) in [6, 6.07) is 14.2. The van der Waals surface area contributed by atoms with E-state index in [0.717, 1.165) is 11.3 Å². The van der Waals surface area contributed by atoms with Crippen molar-refractivity contribution in [3.8, 4) is 11.3 Å². The fourth-order valence-corrected chi connectivity index (χ4v) is 3.21. The predicted octanol–water partition coefficient (Wildman–Crippen LogP) is 4.91. The smallest absolute Gasteiger partial charge is 0.340 e. The molecule has 8 heteroatoms. The maximum atomic E-state index is 12.0. The largest absolute Gasteiger partial charge is 0.452 e. The summed E-state index contributed by atoms with van der Waals surface area (Å²) in [6.45, 7) is -0.456. The number of hydrogen-bond acceptors (Lipinski definition) is 5. The highest BCUT2D eigenvalue weighted by Gasteiger charge is 2.16. The molecule has 0 spiro atoms. The number of thiazole rings is 1. The third-order valence-corrected chi connectivity index (χ3v) is 4.90. The number of amides is 1. The molecule has 5 nitrogen and oxygen atoms in total. The van der Waals surface area contributed by atoms with Crippen LogP contribution in [0.2, 0.25) is 10.0 Å². The molecule has 0 saturated heterocycles. The number of esters is 1. The monoisotopic (exact) mass is 406 g/mol. The zero-order valence-electron chi connectivity index (χ0n) is 13.2. The van der Waals surface area contributed by atoms with Crippen LogP contribution in [-0.4, -0.2) is 23.5 Å². The molecule has 26 heavy (non-hydrogen) atoms. The van der Waals surface area contributed by atoms with Crippen LogP contribution < -0.4 is 5.32 Å². The van der Waals surface area contributed by atoms with Crippen LogP contribution >= 0.6 is 34.5 Å². The molecule has 1 amide bonds. The van der Waals surface area contributed by atoms with Crippen molar-refractivity contribution in [2.75, 3.05) is 11.9 Å². The highest BCUT2D eigenvalue weighted by Crippen LogP contribution is 2.26. The van der Waals surface area contributed by atoms with Crippen molar-refractivity contribution < 1.29 is 14.3 Å². The molecule has 0 bridgehead atoms. The lowest BCUT2D eigenvalue weighted by Crippen LogP contribution is -2.21. The van der Waals surface area contributed by atoms with Crippen LogP contribution in [-0.2, 0) is 9.53 Å². The van der Waals surface area contributed by atoms with E-state index in [1.54, 1.807) is 12.1 Å². The van der Waals surface area contributed by atoms with Gasteiger partial charge in [0.15, 0.2) is 11.7 Å². The quantitative estimate of drug-likeness (QED) is 0.610.